The molecule has 2 amide bonds. The number of likely N-dealkylation sites (tertiary alicyclic amines) is 1. The Hall–Kier alpha value is -3.22. The number of amides is 2. The van der Waals surface area contributed by atoms with Crippen LogP contribution in [0.1, 0.15) is 30.1 Å². The average Bonchev–Trinajstić information content (AvgIpc) is 2.75. The Morgan fingerprint density at radius 2 is 1.69 bits per heavy atom. The number of hydrogen-bond acceptors (Lipinski definition) is 5. The molecule has 0 spiro atoms. The molecule has 0 atom stereocenters. The van der Waals surface area contributed by atoms with Gasteiger partial charge in [-0.15, -0.1) is 0 Å². The Bertz CT molecular complexity index is 830. The van der Waals surface area contributed by atoms with E-state index in [0.29, 0.717) is 42.7 Å². The molecule has 2 N–H and O–H groups in total. The van der Waals surface area contributed by atoms with Crippen LogP contribution in [0.2, 0.25) is 0 Å². The standard InChI is InChI=1S/C22H27N3O4/c1-3-29-22(27)25-14-12-18(13-15-25)23-16-8-10-17(11-9-16)24-21(26)19-6-4-5-7-20(19)28-2/h4-11,18,23H,3,12-15H2,1-2H3,(H,24,26). The summed E-state index contributed by atoms with van der Waals surface area (Å²) in [5.74, 6) is 0.326. The highest BCUT2D eigenvalue weighted by molar-refractivity contribution is 6.06. The fourth-order valence-corrected chi connectivity index (χ4v) is 3.34. The second-order valence-corrected chi connectivity index (χ2v) is 6.84. The molecule has 154 valence electrons. The molecule has 3 rings (SSSR count). The zero-order chi connectivity index (χ0) is 20.6. The number of rotatable bonds is 6. The fraction of sp³-hybridized carbons (Fsp3) is 0.364. The highest BCUT2D eigenvalue weighted by Crippen LogP contribution is 2.22. The molecule has 2 aromatic rings. The second-order valence-electron chi connectivity index (χ2n) is 6.84. The molecule has 29 heavy (non-hydrogen) atoms. The Labute approximate surface area is 171 Å². The molecule has 2 aromatic carbocycles. The van der Waals surface area contributed by atoms with Gasteiger partial charge in [-0.2, -0.15) is 0 Å². The van der Waals surface area contributed by atoms with Crippen molar-refractivity contribution < 1.29 is 19.1 Å². The fourth-order valence-electron chi connectivity index (χ4n) is 3.34. The van der Waals surface area contributed by atoms with Crippen molar-refractivity contribution in [2.75, 3.05) is 37.4 Å². The summed E-state index contributed by atoms with van der Waals surface area (Å²) >= 11 is 0. The number of hydrogen-bond donors (Lipinski definition) is 2. The Morgan fingerprint density at radius 3 is 2.34 bits per heavy atom. The van der Waals surface area contributed by atoms with Crippen LogP contribution in [0.4, 0.5) is 16.2 Å². The molecule has 0 unspecified atom stereocenters. The summed E-state index contributed by atoms with van der Waals surface area (Å²) in [6, 6.07) is 15.0. The molecule has 0 bridgehead atoms. The van der Waals surface area contributed by atoms with Gasteiger partial charge in [0.2, 0.25) is 0 Å². The van der Waals surface area contributed by atoms with Crippen LogP contribution in [0, 0.1) is 0 Å². The van der Waals surface area contributed by atoms with Gasteiger partial charge < -0.3 is 25.0 Å². The van der Waals surface area contributed by atoms with Gasteiger partial charge in [-0.25, -0.2) is 4.79 Å². The average molecular weight is 397 g/mol. The van der Waals surface area contributed by atoms with Gasteiger partial charge in [0, 0.05) is 30.5 Å². The third-order valence-corrected chi connectivity index (χ3v) is 4.89. The summed E-state index contributed by atoms with van der Waals surface area (Å²) < 4.78 is 10.3. The largest absolute Gasteiger partial charge is 0.496 e. The Morgan fingerprint density at radius 1 is 1.03 bits per heavy atom. The lowest BCUT2D eigenvalue weighted by molar-refractivity contribution is 0.0981. The van der Waals surface area contributed by atoms with Crippen molar-refractivity contribution in [3.8, 4) is 5.75 Å². The van der Waals surface area contributed by atoms with E-state index >= 15 is 0 Å². The summed E-state index contributed by atoms with van der Waals surface area (Å²) in [5, 5.41) is 6.38. The Kier molecular flexibility index (Phi) is 6.94. The first-order valence-electron chi connectivity index (χ1n) is 9.83. The lowest BCUT2D eigenvalue weighted by Gasteiger charge is -2.32. The number of nitrogens with zero attached hydrogens (tertiary/aromatic N) is 1. The number of para-hydroxylation sites is 1. The number of benzene rings is 2. The summed E-state index contributed by atoms with van der Waals surface area (Å²) in [7, 11) is 1.55. The summed E-state index contributed by atoms with van der Waals surface area (Å²) in [6.07, 6.45) is 1.50. The van der Waals surface area contributed by atoms with Crippen LogP contribution in [-0.2, 0) is 4.74 Å². The first-order valence-corrected chi connectivity index (χ1v) is 9.83. The Balaban J connectivity index is 1.52. The maximum atomic E-state index is 12.5. The molecule has 1 aliphatic rings. The molecule has 0 aromatic heterocycles. The number of piperidine rings is 1. The van der Waals surface area contributed by atoms with E-state index in [1.807, 2.05) is 37.3 Å². The normalized spacial score (nSPS) is 14.2. The third-order valence-electron chi connectivity index (χ3n) is 4.89. The molecule has 7 heteroatoms. The first kappa shape index (κ1) is 20.5. The van der Waals surface area contributed by atoms with Crippen molar-refractivity contribution in [1.29, 1.82) is 0 Å². The van der Waals surface area contributed by atoms with E-state index in [0.717, 1.165) is 18.5 Å². The predicted molar refractivity (Wildman–Crippen MR) is 113 cm³/mol. The quantitative estimate of drug-likeness (QED) is 0.771. The number of ether oxygens (including phenoxy) is 2. The smallest absolute Gasteiger partial charge is 0.409 e. The van der Waals surface area contributed by atoms with Crippen molar-refractivity contribution in [3.63, 3.8) is 0 Å². The van der Waals surface area contributed by atoms with Crippen molar-refractivity contribution in [2.24, 2.45) is 0 Å². The molecule has 1 aliphatic heterocycles. The molecule has 1 saturated heterocycles. The number of carbonyl (C=O) groups excluding carboxylic acids is 2. The van der Waals surface area contributed by atoms with Gasteiger partial charge in [0.15, 0.2) is 0 Å². The van der Waals surface area contributed by atoms with E-state index in [-0.39, 0.29) is 12.0 Å². The predicted octanol–water partition coefficient (Wildman–Crippen LogP) is 3.98. The van der Waals surface area contributed by atoms with Gasteiger partial charge in [-0.05, 0) is 56.2 Å². The summed E-state index contributed by atoms with van der Waals surface area (Å²) in [5.41, 5.74) is 2.18. The van der Waals surface area contributed by atoms with E-state index in [1.165, 1.54) is 0 Å². The van der Waals surface area contributed by atoms with Gasteiger partial charge >= 0.3 is 6.09 Å². The maximum absolute atomic E-state index is 12.5. The molecule has 0 radical (unpaired) electrons. The summed E-state index contributed by atoms with van der Waals surface area (Å²) in [6.45, 7) is 3.58. The van der Waals surface area contributed by atoms with Crippen LogP contribution >= 0.6 is 0 Å². The highest BCUT2D eigenvalue weighted by atomic mass is 16.6. The van der Waals surface area contributed by atoms with Crippen LogP contribution in [-0.4, -0.2) is 49.7 Å². The number of methoxy groups -OCH3 is 1. The van der Waals surface area contributed by atoms with Gasteiger partial charge in [0.25, 0.3) is 5.91 Å². The van der Waals surface area contributed by atoms with Crippen LogP contribution in [0.5, 0.6) is 5.75 Å². The topological polar surface area (TPSA) is 79.9 Å². The van der Waals surface area contributed by atoms with Crippen molar-refractivity contribution in [1.82, 2.24) is 4.90 Å². The minimum Gasteiger partial charge on any atom is -0.496 e. The van der Waals surface area contributed by atoms with E-state index < -0.39 is 0 Å². The minimum absolute atomic E-state index is 0.213. The molecule has 0 aliphatic carbocycles. The van der Waals surface area contributed by atoms with Gasteiger partial charge in [0.1, 0.15) is 5.75 Å². The highest BCUT2D eigenvalue weighted by Gasteiger charge is 2.23. The molecule has 0 saturated carbocycles. The summed E-state index contributed by atoms with van der Waals surface area (Å²) in [4.78, 5) is 26.0. The molecule has 7 nitrogen and oxygen atoms in total. The zero-order valence-electron chi connectivity index (χ0n) is 16.8. The van der Waals surface area contributed by atoms with Crippen molar-refractivity contribution >= 4 is 23.4 Å². The van der Waals surface area contributed by atoms with Crippen LogP contribution in [0.25, 0.3) is 0 Å². The van der Waals surface area contributed by atoms with Gasteiger partial charge in [-0.1, -0.05) is 12.1 Å². The lowest BCUT2D eigenvalue weighted by atomic mass is 10.0. The lowest BCUT2D eigenvalue weighted by Crippen LogP contribution is -2.42. The van der Waals surface area contributed by atoms with E-state index in [1.54, 1.807) is 30.2 Å². The first-order chi connectivity index (χ1) is 14.1. The minimum atomic E-state index is -0.235. The number of anilines is 2. The van der Waals surface area contributed by atoms with Gasteiger partial charge in [-0.3, -0.25) is 4.79 Å². The zero-order valence-corrected chi connectivity index (χ0v) is 16.8. The molecular formula is C22H27N3O4. The maximum Gasteiger partial charge on any atom is 0.409 e. The van der Waals surface area contributed by atoms with E-state index in [9.17, 15) is 9.59 Å². The van der Waals surface area contributed by atoms with Crippen LogP contribution in [0.15, 0.2) is 48.5 Å². The number of nitrogens with one attached hydrogen (secondary N) is 2. The number of carbonyl (C=O) groups is 2. The molecule has 1 fully saturated rings. The molecule has 1 heterocycles. The van der Waals surface area contributed by atoms with Crippen LogP contribution < -0.4 is 15.4 Å². The third kappa shape index (κ3) is 5.40. The van der Waals surface area contributed by atoms with Crippen molar-refractivity contribution in [2.45, 2.75) is 25.8 Å². The van der Waals surface area contributed by atoms with Crippen LogP contribution in [0.3, 0.4) is 0 Å². The monoisotopic (exact) mass is 397 g/mol. The van der Waals surface area contributed by atoms with Crippen molar-refractivity contribution in [3.05, 3.63) is 54.1 Å². The second kappa shape index (κ2) is 9.82. The van der Waals surface area contributed by atoms with E-state index in [4.69, 9.17) is 9.47 Å². The SMILES string of the molecule is CCOC(=O)N1CCC(Nc2ccc(NC(=O)c3ccccc3OC)cc2)CC1. The van der Waals surface area contributed by atoms with Gasteiger partial charge in [0.05, 0.1) is 19.3 Å². The molecular weight excluding hydrogens is 370 g/mol. The van der Waals surface area contributed by atoms with E-state index in [2.05, 4.69) is 10.6 Å².